The number of nitrogens with zero attached hydrogens (tertiary/aromatic N) is 3. The molecule has 110 valence electrons. The van der Waals surface area contributed by atoms with Gasteiger partial charge < -0.3 is 10.2 Å². The summed E-state index contributed by atoms with van der Waals surface area (Å²) in [6.45, 7) is 10.1. The molecule has 0 aliphatic carbocycles. The predicted octanol–water partition coefficient (Wildman–Crippen LogP) is 2.24. The molecule has 20 heavy (non-hydrogen) atoms. The highest BCUT2D eigenvalue weighted by Gasteiger charge is 2.20. The topological polar surface area (TPSA) is 58.1 Å². The largest absolute Gasteiger partial charge is 0.355 e. The molecule has 1 N–H and O–H groups in total. The molecule has 1 fully saturated rings. The van der Waals surface area contributed by atoms with Crippen molar-refractivity contribution in [2.45, 2.75) is 46.1 Å². The van der Waals surface area contributed by atoms with E-state index in [0.29, 0.717) is 11.6 Å². The molecule has 2 heterocycles. The van der Waals surface area contributed by atoms with E-state index in [0.717, 1.165) is 18.9 Å². The van der Waals surface area contributed by atoms with Crippen LogP contribution in [0.1, 0.15) is 51.0 Å². The molecule has 0 bridgehead atoms. The van der Waals surface area contributed by atoms with Gasteiger partial charge in [0.05, 0.1) is 0 Å². The maximum absolute atomic E-state index is 12.0. The molecule has 1 aliphatic heterocycles. The minimum absolute atomic E-state index is 0.177. The van der Waals surface area contributed by atoms with Gasteiger partial charge in [-0.2, -0.15) is 0 Å². The van der Waals surface area contributed by atoms with E-state index >= 15 is 0 Å². The number of carbonyl (C=O) groups excluding carboxylic acids is 1. The average Bonchev–Trinajstić information content (AvgIpc) is 2.37. The third-order valence-corrected chi connectivity index (χ3v) is 3.35. The second-order valence-corrected chi connectivity index (χ2v) is 6.67. The van der Waals surface area contributed by atoms with Gasteiger partial charge in [-0.3, -0.25) is 4.79 Å². The second-order valence-electron chi connectivity index (χ2n) is 6.67. The zero-order valence-electron chi connectivity index (χ0n) is 12.8. The van der Waals surface area contributed by atoms with Crippen LogP contribution in [0.4, 0.5) is 5.82 Å². The van der Waals surface area contributed by atoms with E-state index in [4.69, 9.17) is 0 Å². The Bertz CT molecular complexity index is 464. The van der Waals surface area contributed by atoms with Crippen molar-refractivity contribution in [3.05, 3.63) is 17.8 Å². The SMILES string of the molecule is CC1CCCN(c2ccc(C(=O)NC(C)(C)C)nn2)C1. The third kappa shape index (κ3) is 3.92. The Morgan fingerprint density at radius 3 is 2.65 bits per heavy atom. The second kappa shape index (κ2) is 5.77. The number of carbonyl (C=O) groups is 1. The van der Waals surface area contributed by atoms with Crippen LogP contribution in [0.25, 0.3) is 0 Å². The van der Waals surface area contributed by atoms with E-state index in [1.807, 2.05) is 26.8 Å². The molecule has 0 spiro atoms. The molecule has 0 radical (unpaired) electrons. The summed E-state index contributed by atoms with van der Waals surface area (Å²) in [5.74, 6) is 1.38. The lowest BCUT2D eigenvalue weighted by Crippen LogP contribution is -2.41. The van der Waals surface area contributed by atoms with Crippen molar-refractivity contribution in [2.75, 3.05) is 18.0 Å². The Labute approximate surface area is 120 Å². The lowest BCUT2D eigenvalue weighted by atomic mass is 10.0. The smallest absolute Gasteiger partial charge is 0.272 e. The molecular weight excluding hydrogens is 252 g/mol. The van der Waals surface area contributed by atoms with Crippen molar-refractivity contribution in [1.82, 2.24) is 15.5 Å². The number of hydrogen-bond acceptors (Lipinski definition) is 4. The average molecular weight is 276 g/mol. The number of piperidine rings is 1. The highest BCUT2D eigenvalue weighted by atomic mass is 16.2. The monoisotopic (exact) mass is 276 g/mol. The van der Waals surface area contributed by atoms with Crippen LogP contribution in [0.3, 0.4) is 0 Å². The number of anilines is 1. The first kappa shape index (κ1) is 14.8. The minimum Gasteiger partial charge on any atom is -0.355 e. The third-order valence-electron chi connectivity index (χ3n) is 3.35. The summed E-state index contributed by atoms with van der Waals surface area (Å²) in [6.07, 6.45) is 2.46. The fourth-order valence-electron chi connectivity index (χ4n) is 2.42. The number of hydrogen-bond donors (Lipinski definition) is 1. The van der Waals surface area contributed by atoms with Crippen LogP contribution in [0, 0.1) is 5.92 Å². The van der Waals surface area contributed by atoms with Gasteiger partial charge in [-0.05, 0) is 51.7 Å². The van der Waals surface area contributed by atoms with E-state index in [9.17, 15) is 4.79 Å². The molecule has 5 heteroatoms. The first-order chi connectivity index (χ1) is 9.35. The quantitative estimate of drug-likeness (QED) is 0.900. The van der Waals surface area contributed by atoms with Crippen LogP contribution in [0.15, 0.2) is 12.1 Å². The minimum atomic E-state index is -0.264. The summed E-state index contributed by atoms with van der Waals surface area (Å²) in [5, 5.41) is 11.1. The molecular formula is C15H24N4O. The Kier molecular flexibility index (Phi) is 4.26. The normalized spacial score (nSPS) is 19.8. The molecule has 5 nitrogen and oxygen atoms in total. The standard InChI is InChI=1S/C15H24N4O/c1-11-6-5-9-19(10-11)13-8-7-12(17-18-13)14(20)16-15(2,3)4/h7-8,11H,5-6,9-10H2,1-4H3,(H,16,20). The van der Waals surface area contributed by atoms with Crippen LogP contribution in [0.5, 0.6) is 0 Å². The van der Waals surface area contributed by atoms with Gasteiger partial charge in [0.2, 0.25) is 0 Å². The maximum Gasteiger partial charge on any atom is 0.272 e. The summed E-state index contributed by atoms with van der Waals surface area (Å²) < 4.78 is 0. The molecule has 1 unspecified atom stereocenters. The van der Waals surface area contributed by atoms with Crippen molar-refractivity contribution in [3.8, 4) is 0 Å². The Hall–Kier alpha value is -1.65. The van der Waals surface area contributed by atoms with Gasteiger partial charge in [-0.15, -0.1) is 10.2 Å². The summed E-state index contributed by atoms with van der Waals surface area (Å²) in [6, 6.07) is 3.64. The molecule has 0 saturated carbocycles. The van der Waals surface area contributed by atoms with Gasteiger partial charge in [0.15, 0.2) is 11.5 Å². The van der Waals surface area contributed by atoms with Gasteiger partial charge in [0, 0.05) is 18.6 Å². The van der Waals surface area contributed by atoms with Crippen LogP contribution < -0.4 is 10.2 Å². The first-order valence-corrected chi connectivity index (χ1v) is 7.26. The number of amides is 1. The fourth-order valence-corrected chi connectivity index (χ4v) is 2.42. The molecule has 1 saturated heterocycles. The first-order valence-electron chi connectivity index (χ1n) is 7.26. The van der Waals surface area contributed by atoms with E-state index in [1.165, 1.54) is 12.8 Å². The number of rotatable bonds is 2. The Morgan fingerprint density at radius 2 is 2.10 bits per heavy atom. The van der Waals surface area contributed by atoms with Gasteiger partial charge in [0.1, 0.15) is 0 Å². The summed E-state index contributed by atoms with van der Waals surface area (Å²) in [4.78, 5) is 14.2. The van der Waals surface area contributed by atoms with Crippen molar-refractivity contribution in [3.63, 3.8) is 0 Å². The van der Waals surface area contributed by atoms with E-state index in [1.54, 1.807) is 6.07 Å². The van der Waals surface area contributed by atoms with Gasteiger partial charge in [-0.25, -0.2) is 0 Å². The Morgan fingerprint density at radius 1 is 1.35 bits per heavy atom. The van der Waals surface area contributed by atoms with Crippen molar-refractivity contribution in [1.29, 1.82) is 0 Å². The maximum atomic E-state index is 12.0. The zero-order valence-corrected chi connectivity index (χ0v) is 12.8. The number of aromatic nitrogens is 2. The molecule has 2 rings (SSSR count). The van der Waals surface area contributed by atoms with E-state index < -0.39 is 0 Å². The van der Waals surface area contributed by atoms with E-state index in [2.05, 4.69) is 27.3 Å². The number of nitrogens with one attached hydrogen (secondary N) is 1. The molecule has 1 aromatic rings. The van der Waals surface area contributed by atoms with Crippen molar-refractivity contribution in [2.24, 2.45) is 5.92 Å². The fraction of sp³-hybridized carbons (Fsp3) is 0.667. The molecule has 0 aromatic carbocycles. The van der Waals surface area contributed by atoms with Crippen LogP contribution >= 0.6 is 0 Å². The highest BCUT2D eigenvalue weighted by molar-refractivity contribution is 5.92. The lowest BCUT2D eigenvalue weighted by Gasteiger charge is -2.31. The summed E-state index contributed by atoms with van der Waals surface area (Å²) >= 11 is 0. The van der Waals surface area contributed by atoms with Gasteiger partial charge >= 0.3 is 0 Å². The van der Waals surface area contributed by atoms with Crippen LogP contribution in [0.2, 0.25) is 0 Å². The zero-order chi connectivity index (χ0) is 14.8. The predicted molar refractivity (Wildman–Crippen MR) is 79.9 cm³/mol. The molecule has 1 aromatic heterocycles. The highest BCUT2D eigenvalue weighted by Crippen LogP contribution is 2.20. The van der Waals surface area contributed by atoms with Crippen molar-refractivity contribution < 1.29 is 4.79 Å². The molecule has 1 aliphatic rings. The van der Waals surface area contributed by atoms with Crippen LogP contribution in [-0.4, -0.2) is 34.7 Å². The molecule has 1 amide bonds. The van der Waals surface area contributed by atoms with Crippen molar-refractivity contribution >= 4 is 11.7 Å². The lowest BCUT2D eigenvalue weighted by molar-refractivity contribution is 0.0913. The molecule has 1 atom stereocenters. The van der Waals surface area contributed by atoms with Gasteiger partial charge in [0.25, 0.3) is 5.91 Å². The van der Waals surface area contributed by atoms with E-state index in [-0.39, 0.29) is 11.4 Å². The van der Waals surface area contributed by atoms with Gasteiger partial charge in [-0.1, -0.05) is 6.92 Å². The summed E-state index contributed by atoms with van der Waals surface area (Å²) in [7, 11) is 0. The Balaban J connectivity index is 2.04. The van der Waals surface area contributed by atoms with Crippen LogP contribution in [-0.2, 0) is 0 Å². The summed E-state index contributed by atoms with van der Waals surface area (Å²) in [5.41, 5.74) is 0.105.